The van der Waals surface area contributed by atoms with Crippen LogP contribution in [0.3, 0.4) is 0 Å². The van der Waals surface area contributed by atoms with Gasteiger partial charge in [0, 0.05) is 32.6 Å². The maximum atomic E-state index is 10.8. The third-order valence-corrected chi connectivity index (χ3v) is 4.02. The largest absolute Gasteiger partial charge is 0.355 e. The van der Waals surface area contributed by atoms with E-state index in [2.05, 4.69) is 22.5 Å². The summed E-state index contributed by atoms with van der Waals surface area (Å²) in [5.74, 6) is 1.75. The number of rotatable bonds is 4. The van der Waals surface area contributed by atoms with Gasteiger partial charge in [-0.05, 0) is 31.3 Å². The van der Waals surface area contributed by atoms with Crippen LogP contribution in [0.15, 0.2) is 0 Å². The molecule has 0 aromatic rings. The van der Waals surface area contributed by atoms with Crippen LogP contribution in [0.2, 0.25) is 0 Å². The molecule has 2 rings (SSSR count). The summed E-state index contributed by atoms with van der Waals surface area (Å²) in [6.45, 7) is 9.22. The fourth-order valence-corrected chi connectivity index (χ4v) is 3.30. The normalized spacial score (nSPS) is 34.0. The molecule has 0 spiro atoms. The van der Waals surface area contributed by atoms with E-state index in [1.165, 1.54) is 26.1 Å². The quantitative estimate of drug-likeness (QED) is 0.711. The third-order valence-electron chi connectivity index (χ3n) is 4.02. The van der Waals surface area contributed by atoms with Crippen LogP contribution in [0.1, 0.15) is 20.3 Å². The molecule has 3 unspecified atom stereocenters. The Hall–Kier alpha value is -0.610. The van der Waals surface area contributed by atoms with Crippen molar-refractivity contribution < 1.29 is 4.79 Å². The highest BCUT2D eigenvalue weighted by molar-refractivity contribution is 5.72. The third kappa shape index (κ3) is 2.38. The highest BCUT2D eigenvalue weighted by atomic mass is 16.1. The minimum atomic E-state index is 0.0779. The number of fused-ring (bicyclic) bond motifs is 1. The summed E-state index contributed by atoms with van der Waals surface area (Å²) in [5, 5.41) is 6.37. The van der Waals surface area contributed by atoms with Gasteiger partial charge in [-0.1, -0.05) is 6.92 Å². The number of carbonyl (C=O) groups excluding carboxylic acids is 1. The predicted octanol–water partition coefficient (Wildman–Crippen LogP) is 0.0523. The van der Waals surface area contributed by atoms with Crippen molar-refractivity contribution in [2.75, 3.05) is 32.7 Å². The molecule has 2 fully saturated rings. The Kier molecular flexibility index (Phi) is 3.82. The van der Waals surface area contributed by atoms with Gasteiger partial charge in [0.2, 0.25) is 5.91 Å². The number of carbonyl (C=O) groups is 1. The molecule has 2 aliphatic rings. The molecule has 4 nitrogen and oxygen atoms in total. The molecular formula is C12H23N3O. The number of hydrogen-bond acceptors (Lipinski definition) is 3. The van der Waals surface area contributed by atoms with Gasteiger partial charge in [-0.15, -0.1) is 0 Å². The summed E-state index contributed by atoms with van der Waals surface area (Å²) in [7, 11) is 0. The maximum Gasteiger partial charge on any atom is 0.216 e. The van der Waals surface area contributed by atoms with Gasteiger partial charge in [-0.3, -0.25) is 9.69 Å². The summed E-state index contributed by atoms with van der Waals surface area (Å²) >= 11 is 0. The maximum absolute atomic E-state index is 10.8. The molecule has 1 amide bonds. The second-order valence-corrected chi connectivity index (χ2v) is 5.04. The molecule has 0 saturated carbocycles. The average molecular weight is 225 g/mol. The molecule has 2 saturated heterocycles. The fourth-order valence-electron chi connectivity index (χ4n) is 3.30. The summed E-state index contributed by atoms with van der Waals surface area (Å²) in [5.41, 5.74) is 0. The highest BCUT2D eigenvalue weighted by Gasteiger charge is 2.42. The molecule has 0 aromatic carbocycles. The van der Waals surface area contributed by atoms with Gasteiger partial charge in [0.15, 0.2) is 0 Å². The SMILES string of the molecule is CCC1C2CNCC2CN1CCNC(C)=O. The molecule has 2 aliphatic heterocycles. The molecule has 16 heavy (non-hydrogen) atoms. The molecule has 0 radical (unpaired) electrons. The number of nitrogens with one attached hydrogen (secondary N) is 2. The molecule has 3 atom stereocenters. The number of hydrogen-bond donors (Lipinski definition) is 2. The van der Waals surface area contributed by atoms with Crippen LogP contribution in [0.25, 0.3) is 0 Å². The lowest BCUT2D eigenvalue weighted by Gasteiger charge is -2.26. The molecule has 0 aromatic heterocycles. The Labute approximate surface area is 97.8 Å². The molecule has 92 valence electrons. The van der Waals surface area contributed by atoms with Crippen LogP contribution in [-0.2, 0) is 4.79 Å². The van der Waals surface area contributed by atoms with Crippen LogP contribution < -0.4 is 10.6 Å². The smallest absolute Gasteiger partial charge is 0.216 e. The zero-order valence-electron chi connectivity index (χ0n) is 10.3. The summed E-state index contributed by atoms with van der Waals surface area (Å²) in [4.78, 5) is 13.4. The second kappa shape index (κ2) is 5.15. The minimum absolute atomic E-state index is 0.0779. The van der Waals surface area contributed by atoms with E-state index < -0.39 is 0 Å². The first-order valence-corrected chi connectivity index (χ1v) is 6.41. The molecular weight excluding hydrogens is 202 g/mol. The molecule has 2 heterocycles. The van der Waals surface area contributed by atoms with E-state index in [-0.39, 0.29) is 5.91 Å². The fraction of sp³-hybridized carbons (Fsp3) is 0.917. The van der Waals surface area contributed by atoms with E-state index in [4.69, 9.17) is 0 Å². The van der Waals surface area contributed by atoms with Crippen LogP contribution >= 0.6 is 0 Å². The van der Waals surface area contributed by atoms with Gasteiger partial charge in [0.1, 0.15) is 0 Å². The second-order valence-electron chi connectivity index (χ2n) is 5.04. The van der Waals surface area contributed by atoms with E-state index >= 15 is 0 Å². The van der Waals surface area contributed by atoms with E-state index in [9.17, 15) is 4.79 Å². The first kappa shape index (κ1) is 11.9. The van der Waals surface area contributed by atoms with Gasteiger partial charge in [-0.2, -0.15) is 0 Å². The van der Waals surface area contributed by atoms with Gasteiger partial charge < -0.3 is 10.6 Å². The van der Waals surface area contributed by atoms with Crippen molar-refractivity contribution in [1.29, 1.82) is 0 Å². The van der Waals surface area contributed by atoms with Crippen LogP contribution in [0, 0.1) is 11.8 Å². The van der Waals surface area contributed by atoms with Gasteiger partial charge in [-0.25, -0.2) is 0 Å². The highest BCUT2D eigenvalue weighted by Crippen LogP contribution is 2.33. The Morgan fingerprint density at radius 2 is 2.31 bits per heavy atom. The monoisotopic (exact) mass is 225 g/mol. The Bertz CT molecular complexity index is 257. The lowest BCUT2D eigenvalue weighted by atomic mass is 9.93. The summed E-state index contributed by atoms with van der Waals surface area (Å²) in [6.07, 6.45) is 1.23. The van der Waals surface area contributed by atoms with E-state index in [0.717, 1.165) is 24.9 Å². The molecule has 4 heteroatoms. The standard InChI is InChI=1S/C12H23N3O/c1-3-12-11-7-13-6-10(11)8-15(12)5-4-14-9(2)16/h10-13H,3-8H2,1-2H3,(H,14,16). The van der Waals surface area contributed by atoms with Crippen LogP contribution in [-0.4, -0.2) is 49.6 Å². The zero-order chi connectivity index (χ0) is 11.5. The molecule has 0 bridgehead atoms. The molecule has 0 aliphatic carbocycles. The average Bonchev–Trinajstić information content (AvgIpc) is 2.76. The van der Waals surface area contributed by atoms with Gasteiger partial charge >= 0.3 is 0 Å². The lowest BCUT2D eigenvalue weighted by Crippen LogP contribution is -2.40. The van der Waals surface area contributed by atoms with Crippen LogP contribution in [0.4, 0.5) is 0 Å². The Morgan fingerprint density at radius 1 is 1.50 bits per heavy atom. The molecule has 2 N–H and O–H groups in total. The van der Waals surface area contributed by atoms with Crippen molar-refractivity contribution in [3.63, 3.8) is 0 Å². The minimum Gasteiger partial charge on any atom is -0.355 e. The predicted molar refractivity (Wildman–Crippen MR) is 64.2 cm³/mol. The van der Waals surface area contributed by atoms with E-state index in [1.807, 2.05) is 0 Å². The van der Waals surface area contributed by atoms with Crippen molar-refractivity contribution >= 4 is 5.91 Å². The van der Waals surface area contributed by atoms with Gasteiger partial charge in [0.05, 0.1) is 0 Å². The topological polar surface area (TPSA) is 44.4 Å². The lowest BCUT2D eigenvalue weighted by molar-refractivity contribution is -0.119. The van der Waals surface area contributed by atoms with Crippen molar-refractivity contribution in [3.05, 3.63) is 0 Å². The van der Waals surface area contributed by atoms with Crippen molar-refractivity contribution in [1.82, 2.24) is 15.5 Å². The summed E-state index contributed by atoms with van der Waals surface area (Å²) in [6, 6.07) is 0.716. The Morgan fingerprint density at radius 3 is 3.00 bits per heavy atom. The number of amides is 1. The number of likely N-dealkylation sites (tertiary alicyclic amines) is 1. The van der Waals surface area contributed by atoms with Crippen LogP contribution in [0.5, 0.6) is 0 Å². The van der Waals surface area contributed by atoms with E-state index in [0.29, 0.717) is 6.04 Å². The Balaban J connectivity index is 1.83. The first-order valence-electron chi connectivity index (χ1n) is 6.41. The van der Waals surface area contributed by atoms with Crippen molar-refractivity contribution in [2.45, 2.75) is 26.3 Å². The zero-order valence-corrected chi connectivity index (χ0v) is 10.3. The van der Waals surface area contributed by atoms with Gasteiger partial charge in [0.25, 0.3) is 0 Å². The van der Waals surface area contributed by atoms with Crippen molar-refractivity contribution in [3.8, 4) is 0 Å². The number of nitrogens with zero attached hydrogens (tertiary/aromatic N) is 1. The van der Waals surface area contributed by atoms with Crippen molar-refractivity contribution in [2.24, 2.45) is 11.8 Å². The first-order chi connectivity index (χ1) is 7.72. The summed E-state index contributed by atoms with van der Waals surface area (Å²) < 4.78 is 0. The van der Waals surface area contributed by atoms with E-state index in [1.54, 1.807) is 6.92 Å².